The van der Waals surface area contributed by atoms with Crippen LogP contribution in [0.25, 0.3) is 12.2 Å². The van der Waals surface area contributed by atoms with Gasteiger partial charge in [0.25, 0.3) is 0 Å². The number of unbranched alkanes of at least 4 members (excludes halogenated alkanes) is 3. The number of Topliss-reactive ketones (excluding diaryl/α,β-unsaturated/α-hetero) is 1. The molecular weight excluding hydrogens is 644 g/mol. The van der Waals surface area contributed by atoms with Crippen LogP contribution in [0.2, 0.25) is 0 Å². The zero-order valence-corrected chi connectivity index (χ0v) is 27.7. The lowest BCUT2D eigenvalue weighted by Gasteiger charge is -2.11. The Morgan fingerprint density at radius 3 is 1.60 bits per heavy atom. The first-order valence-corrected chi connectivity index (χ1v) is 15.7. The molecule has 0 N–H and O–H groups in total. The summed E-state index contributed by atoms with van der Waals surface area (Å²) in [5.74, 6) is -1.82. The van der Waals surface area contributed by atoms with Crippen molar-refractivity contribution in [3.63, 3.8) is 0 Å². The van der Waals surface area contributed by atoms with Crippen molar-refractivity contribution in [2.75, 3.05) is 13.6 Å². The minimum absolute atomic E-state index is 0.0369. The van der Waals surface area contributed by atoms with Gasteiger partial charge in [0.05, 0.1) is 5.56 Å². The standard InChI is InChI=1S/C39H38O11/c1-4-7-8-9-10-34(40)33-25-32(49-38(43)23-15-28-11-17-30(18-12-28)45-26-47-36(41)5-2)21-22-35(33)50-39(44)24-16-29-13-19-31(20-14-29)46-27-48-37(42)6-3/h5-6,11-25H,2-4,7-10,26-27H2,1H3. The fourth-order valence-electron chi connectivity index (χ4n) is 4.13. The van der Waals surface area contributed by atoms with E-state index in [-0.39, 0.29) is 42.9 Å². The molecular formula is C39H38O11. The van der Waals surface area contributed by atoms with Gasteiger partial charge in [-0.3, -0.25) is 4.79 Å². The predicted octanol–water partition coefficient (Wildman–Crippen LogP) is 7.21. The summed E-state index contributed by atoms with van der Waals surface area (Å²) in [6.07, 6.45) is 11.3. The molecule has 0 fully saturated rings. The molecule has 3 aromatic carbocycles. The van der Waals surface area contributed by atoms with Crippen LogP contribution in [0.3, 0.4) is 0 Å². The molecule has 11 nitrogen and oxygen atoms in total. The van der Waals surface area contributed by atoms with Crippen LogP contribution in [0, 0.1) is 0 Å². The van der Waals surface area contributed by atoms with Crippen LogP contribution in [-0.4, -0.2) is 43.2 Å². The summed E-state index contributed by atoms with van der Waals surface area (Å²) in [5, 5.41) is 0. The highest BCUT2D eigenvalue weighted by atomic mass is 16.7. The molecule has 0 aromatic heterocycles. The van der Waals surface area contributed by atoms with E-state index in [0.717, 1.165) is 31.4 Å². The first-order valence-electron chi connectivity index (χ1n) is 15.7. The highest BCUT2D eigenvalue weighted by Crippen LogP contribution is 2.27. The van der Waals surface area contributed by atoms with E-state index in [0.29, 0.717) is 29.0 Å². The molecule has 11 heteroatoms. The van der Waals surface area contributed by atoms with Gasteiger partial charge in [0.1, 0.15) is 23.0 Å². The molecule has 0 saturated heterocycles. The quantitative estimate of drug-likeness (QED) is 0.0298. The third-order valence-electron chi connectivity index (χ3n) is 6.71. The average Bonchev–Trinajstić information content (AvgIpc) is 3.13. The smallest absolute Gasteiger partial charge is 0.336 e. The first-order chi connectivity index (χ1) is 24.2. The molecule has 0 aliphatic rings. The summed E-state index contributed by atoms with van der Waals surface area (Å²) in [7, 11) is 0. The van der Waals surface area contributed by atoms with E-state index < -0.39 is 23.9 Å². The summed E-state index contributed by atoms with van der Waals surface area (Å²) in [4.78, 5) is 60.7. The Morgan fingerprint density at radius 2 is 1.10 bits per heavy atom. The largest absolute Gasteiger partial charge is 0.457 e. The molecule has 50 heavy (non-hydrogen) atoms. The van der Waals surface area contributed by atoms with Gasteiger partial charge >= 0.3 is 23.9 Å². The molecule has 0 saturated carbocycles. The molecule has 0 bridgehead atoms. The second kappa shape index (κ2) is 20.9. The number of rotatable bonds is 20. The molecule has 0 heterocycles. The van der Waals surface area contributed by atoms with Crippen molar-refractivity contribution >= 4 is 41.8 Å². The number of benzene rings is 3. The molecule has 3 rings (SSSR count). The third-order valence-corrected chi connectivity index (χ3v) is 6.71. The predicted molar refractivity (Wildman–Crippen MR) is 185 cm³/mol. The van der Waals surface area contributed by atoms with E-state index >= 15 is 0 Å². The van der Waals surface area contributed by atoms with Crippen LogP contribution in [0.5, 0.6) is 23.0 Å². The second-order valence-corrected chi connectivity index (χ2v) is 10.4. The van der Waals surface area contributed by atoms with Gasteiger partial charge in [-0.2, -0.15) is 0 Å². The van der Waals surface area contributed by atoms with Crippen molar-refractivity contribution in [2.45, 2.75) is 39.0 Å². The highest BCUT2D eigenvalue weighted by molar-refractivity contribution is 6.00. The monoisotopic (exact) mass is 682 g/mol. The highest BCUT2D eigenvalue weighted by Gasteiger charge is 2.17. The molecule has 0 atom stereocenters. The minimum Gasteiger partial charge on any atom is -0.457 e. The van der Waals surface area contributed by atoms with E-state index in [4.69, 9.17) is 28.4 Å². The Morgan fingerprint density at radius 1 is 0.600 bits per heavy atom. The number of carbonyl (C=O) groups excluding carboxylic acids is 5. The van der Waals surface area contributed by atoms with Gasteiger partial charge < -0.3 is 28.4 Å². The van der Waals surface area contributed by atoms with E-state index in [2.05, 4.69) is 20.1 Å². The summed E-state index contributed by atoms with van der Waals surface area (Å²) in [5.41, 5.74) is 1.45. The van der Waals surface area contributed by atoms with Gasteiger partial charge in [0.15, 0.2) is 5.78 Å². The summed E-state index contributed by atoms with van der Waals surface area (Å²) in [6.45, 7) is 8.14. The van der Waals surface area contributed by atoms with E-state index in [1.807, 2.05) is 0 Å². The summed E-state index contributed by atoms with van der Waals surface area (Å²) < 4.78 is 31.1. The maximum absolute atomic E-state index is 13.2. The molecule has 0 spiro atoms. The number of hydrogen-bond donors (Lipinski definition) is 0. The Labute approximate surface area is 290 Å². The number of ketones is 1. The lowest BCUT2D eigenvalue weighted by molar-refractivity contribution is -0.145. The van der Waals surface area contributed by atoms with E-state index in [1.165, 1.54) is 42.5 Å². The lowest BCUT2D eigenvalue weighted by Crippen LogP contribution is -2.10. The number of hydrogen-bond acceptors (Lipinski definition) is 11. The Hall–Kier alpha value is -6.23. The average molecular weight is 683 g/mol. The fourth-order valence-corrected chi connectivity index (χ4v) is 4.13. The normalized spacial score (nSPS) is 10.7. The van der Waals surface area contributed by atoms with Crippen LogP contribution in [-0.2, 0) is 28.7 Å². The summed E-state index contributed by atoms with van der Waals surface area (Å²) >= 11 is 0. The van der Waals surface area contributed by atoms with Crippen molar-refractivity contribution in [1.82, 2.24) is 0 Å². The summed E-state index contributed by atoms with van der Waals surface area (Å²) in [6, 6.07) is 17.5. The van der Waals surface area contributed by atoms with Crippen LogP contribution < -0.4 is 18.9 Å². The molecule has 0 aliphatic carbocycles. The van der Waals surface area contributed by atoms with Crippen molar-refractivity contribution in [1.29, 1.82) is 0 Å². The van der Waals surface area contributed by atoms with Crippen molar-refractivity contribution < 1.29 is 52.4 Å². The van der Waals surface area contributed by atoms with E-state index in [9.17, 15) is 24.0 Å². The number of esters is 4. The van der Waals surface area contributed by atoms with Crippen LogP contribution >= 0.6 is 0 Å². The van der Waals surface area contributed by atoms with Gasteiger partial charge in [-0.05, 0) is 72.2 Å². The van der Waals surface area contributed by atoms with E-state index in [1.54, 1.807) is 48.5 Å². The Bertz CT molecular complexity index is 1700. The Balaban J connectivity index is 1.64. The first kappa shape index (κ1) is 38.2. The van der Waals surface area contributed by atoms with Gasteiger partial charge in [-0.15, -0.1) is 0 Å². The van der Waals surface area contributed by atoms with Crippen molar-refractivity contribution in [3.8, 4) is 23.0 Å². The second-order valence-electron chi connectivity index (χ2n) is 10.4. The molecule has 0 aliphatic heterocycles. The van der Waals surface area contributed by atoms with Crippen LogP contribution in [0.15, 0.2) is 104 Å². The zero-order chi connectivity index (χ0) is 36.1. The van der Waals surface area contributed by atoms with Crippen molar-refractivity contribution in [2.24, 2.45) is 0 Å². The lowest BCUT2D eigenvalue weighted by atomic mass is 10.0. The minimum atomic E-state index is -0.719. The Kier molecular flexibility index (Phi) is 16.0. The van der Waals surface area contributed by atoms with Gasteiger partial charge in [0, 0.05) is 30.7 Å². The maximum atomic E-state index is 13.2. The van der Waals surface area contributed by atoms with Gasteiger partial charge in [-0.25, -0.2) is 19.2 Å². The van der Waals surface area contributed by atoms with Gasteiger partial charge in [0.2, 0.25) is 13.6 Å². The van der Waals surface area contributed by atoms with Gasteiger partial charge in [-0.1, -0.05) is 63.6 Å². The maximum Gasteiger partial charge on any atom is 0.336 e. The van der Waals surface area contributed by atoms with Crippen LogP contribution in [0.4, 0.5) is 0 Å². The van der Waals surface area contributed by atoms with Crippen molar-refractivity contribution in [3.05, 3.63) is 121 Å². The number of ether oxygens (including phenoxy) is 6. The molecule has 260 valence electrons. The topological polar surface area (TPSA) is 141 Å². The molecule has 0 unspecified atom stereocenters. The molecule has 0 amide bonds. The molecule has 0 radical (unpaired) electrons. The zero-order valence-electron chi connectivity index (χ0n) is 27.7. The molecule has 3 aromatic rings. The fraction of sp³-hybridized carbons (Fsp3) is 0.205. The number of carbonyl (C=O) groups is 5. The SMILES string of the molecule is C=CC(=O)OCOc1ccc(C=CC(=O)Oc2ccc(OC(=O)C=Cc3ccc(OCOC(=O)C=C)cc3)c(C(=O)CCCCCC)c2)cc1. The van der Waals surface area contributed by atoms with Crippen LogP contribution in [0.1, 0.15) is 60.5 Å². The third kappa shape index (κ3) is 13.9.